The van der Waals surface area contributed by atoms with Gasteiger partial charge in [0.25, 0.3) is 0 Å². The third-order valence-corrected chi connectivity index (χ3v) is 5.76. The number of carbonyl (C=O) groups is 1. The van der Waals surface area contributed by atoms with E-state index in [-0.39, 0.29) is 6.03 Å². The fourth-order valence-electron chi connectivity index (χ4n) is 4.04. The standard InChI is InChI=1S/C17H32N4O2/c1-19-14-3-6-16(19)13-21(9-7-14)17(22)18-8-10-20(11-12-23-2)15-4-5-15/h14-16H,3-13H2,1-2H3,(H,18,22). The number of hydrogen-bond donors (Lipinski definition) is 1. The second-order valence-corrected chi connectivity index (χ2v) is 7.28. The zero-order chi connectivity index (χ0) is 16.2. The summed E-state index contributed by atoms with van der Waals surface area (Å²) in [5, 5.41) is 3.13. The summed E-state index contributed by atoms with van der Waals surface area (Å²) >= 11 is 0. The molecule has 0 aromatic carbocycles. The van der Waals surface area contributed by atoms with Crippen molar-refractivity contribution in [2.24, 2.45) is 0 Å². The molecule has 2 aliphatic heterocycles. The van der Waals surface area contributed by atoms with E-state index in [9.17, 15) is 4.79 Å². The van der Waals surface area contributed by atoms with Crippen LogP contribution < -0.4 is 5.32 Å². The van der Waals surface area contributed by atoms with E-state index < -0.39 is 0 Å². The molecule has 3 rings (SSSR count). The van der Waals surface area contributed by atoms with Crippen molar-refractivity contribution >= 4 is 6.03 Å². The summed E-state index contributed by atoms with van der Waals surface area (Å²) in [5.74, 6) is 0. The number of methoxy groups -OCH3 is 1. The molecule has 0 radical (unpaired) electrons. The van der Waals surface area contributed by atoms with Crippen LogP contribution in [0.3, 0.4) is 0 Å². The first-order chi connectivity index (χ1) is 11.2. The summed E-state index contributed by atoms with van der Waals surface area (Å²) in [7, 11) is 3.96. The van der Waals surface area contributed by atoms with Gasteiger partial charge in [-0.25, -0.2) is 4.79 Å². The third-order valence-electron chi connectivity index (χ3n) is 5.76. The zero-order valence-corrected chi connectivity index (χ0v) is 14.7. The Morgan fingerprint density at radius 1 is 1.17 bits per heavy atom. The molecule has 23 heavy (non-hydrogen) atoms. The lowest BCUT2D eigenvalue weighted by Crippen LogP contribution is -2.47. The Balaban J connectivity index is 1.40. The third kappa shape index (κ3) is 4.37. The van der Waals surface area contributed by atoms with Gasteiger partial charge in [0.15, 0.2) is 0 Å². The van der Waals surface area contributed by atoms with Crippen molar-refractivity contribution in [3.05, 3.63) is 0 Å². The van der Waals surface area contributed by atoms with Crippen LogP contribution in [0.2, 0.25) is 0 Å². The molecule has 6 heteroatoms. The van der Waals surface area contributed by atoms with Gasteiger partial charge < -0.3 is 15.0 Å². The first kappa shape index (κ1) is 17.0. The Hall–Kier alpha value is -0.850. The normalized spacial score (nSPS) is 28.2. The van der Waals surface area contributed by atoms with Gasteiger partial charge in [-0.3, -0.25) is 9.80 Å². The van der Waals surface area contributed by atoms with Crippen molar-refractivity contribution in [1.82, 2.24) is 20.0 Å². The van der Waals surface area contributed by atoms with E-state index >= 15 is 0 Å². The van der Waals surface area contributed by atoms with E-state index in [0.29, 0.717) is 18.1 Å². The molecule has 0 aromatic heterocycles. The minimum Gasteiger partial charge on any atom is -0.383 e. The predicted octanol–water partition coefficient (Wildman–Crippen LogP) is 0.975. The lowest BCUT2D eigenvalue weighted by atomic mass is 10.1. The highest BCUT2D eigenvalue weighted by atomic mass is 16.5. The zero-order valence-electron chi connectivity index (χ0n) is 14.7. The van der Waals surface area contributed by atoms with Crippen molar-refractivity contribution in [2.75, 3.05) is 53.5 Å². The number of hydrogen-bond acceptors (Lipinski definition) is 4. The molecule has 1 N–H and O–H groups in total. The molecule has 1 saturated carbocycles. The van der Waals surface area contributed by atoms with Gasteiger partial charge in [-0.15, -0.1) is 0 Å². The molecule has 2 bridgehead atoms. The van der Waals surface area contributed by atoms with Crippen LogP contribution in [0.1, 0.15) is 32.1 Å². The number of likely N-dealkylation sites (tertiary alicyclic amines) is 1. The van der Waals surface area contributed by atoms with Crippen molar-refractivity contribution in [1.29, 1.82) is 0 Å². The van der Waals surface area contributed by atoms with Crippen LogP contribution in [0.5, 0.6) is 0 Å². The van der Waals surface area contributed by atoms with Gasteiger partial charge in [0, 0.05) is 58.0 Å². The molecular weight excluding hydrogens is 292 g/mol. The molecule has 2 unspecified atom stereocenters. The summed E-state index contributed by atoms with van der Waals surface area (Å²) in [5.41, 5.74) is 0. The molecule has 3 fully saturated rings. The quantitative estimate of drug-likeness (QED) is 0.758. The van der Waals surface area contributed by atoms with Crippen molar-refractivity contribution in [2.45, 2.75) is 50.2 Å². The average Bonchev–Trinajstić information content (AvgIpc) is 3.31. The molecule has 3 aliphatic rings. The average molecular weight is 324 g/mol. The number of ether oxygens (including phenoxy) is 1. The second kappa shape index (κ2) is 7.81. The van der Waals surface area contributed by atoms with Gasteiger partial charge in [0.05, 0.1) is 6.61 Å². The SMILES string of the molecule is COCCN(CCNC(=O)N1CCC2CCC(C1)N2C)C1CC1. The Labute approximate surface area is 140 Å². The van der Waals surface area contributed by atoms with Gasteiger partial charge in [-0.1, -0.05) is 0 Å². The molecule has 2 heterocycles. The van der Waals surface area contributed by atoms with Gasteiger partial charge >= 0.3 is 6.03 Å². The molecular formula is C17H32N4O2. The number of carbonyl (C=O) groups excluding carboxylic acids is 1. The van der Waals surface area contributed by atoms with Crippen LogP contribution in [0.25, 0.3) is 0 Å². The highest BCUT2D eigenvalue weighted by Gasteiger charge is 2.36. The van der Waals surface area contributed by atoms with Gasteiger partial charge in [0.1, 0.15) is 0 Å². The lowest BCUT2D eigenvalue weighted by molar-refractivity contribution is 0.142. The van der Waals surface area contributed by atoms with Gasteiger partial charge in [0.2, 0.25) is 0 Å². The fourth-order valence-corrected chi connectivity index (χ4v) is 4.04. The Kier molecular flexibility index (Phi) is 5.77. The molecule has 2 saturated heterocycles. The van der Waals surface area contributed by atoms with Crippen molar-refractivity contribution in [3.63, 3.8) is 0 Å². The lowest BCUT2D eigenvalue weighted by Gasteiger charge is -2.27. The van der Waals surface area contributed by atoms with Crippen LogP contribution in [0, 0.1) is 0 Å². The van der Waals surface area contributed by atoms with E-state index in [1.165, 1.54) is 25.7 Å². The molecule has 6 nitrogen and oxygen atoms in total. The first-order valence-electron chi connectivity index (χ1n) is 9.16. The first-order valence-corrected chi connectivity index (χ1v) is 9.16. The molecule has 1 aliphatic carbocycles. The topological polar surface area (TPSA) is 48.1 Å². The molecule has 132 valence electrons. The van der Waals surface area contributed by atoms with Crippen molar-refractivity contribution in [3.8, 4) is 0 Å². The van der Waals surface area contributed by atoms with E-state index in [0.717, 1.165) is 45.8 Å². The highest BCUT2D eigenvalue weighted by Crippen LogP contribution is 2.28. The van der Waals surface area contributed by atoms with E-state index in [1.54, 1.807) is 7.11 Å². The predicted molar refractivity (Wildman–Crippen MR) is 90.6 cm³/mol. The number of likely N-dealkylation sites (N-methyl/N-ethyl adjacent to an activating group) is 1. The van der Waals surface area contributed by atoms with E-state index in [1.807, 2.05) is 4.90 Å². The Morgan fingerprint density at radius 2 is 1.96 bits per heavy atom. The minimum atomic E-state index is 0.119. The minimum absolute atomic E-state index is 0.119. The summed E-state index contributed by atoms with van der Waals surface area (Å²) in [6.45, 7) is 5.18. The van der Waals surface area contributed by atoms with Gasteiger partial charge in [-0.05, 0) is 39.2 Å². The number of nitrogens with one attached hydrogen (secondary N) is 1. The number of nitrogens with zero attached hydrogens (tertiary/aromatic N) is 3. The summed E-state index contributed by atoms with van der Waals surface area (Å²) < 4.78 is 5.18. The summed E-state index contributed by atoms with van der Waals surface area (Å²) in [4.78, 5) is 19.4. The van der Waals surface area contributed by atoms with E-state index in [4.69, 9.17) is 4.74 Å². The van der Waals surface area contributed by atoms with Crippen LogP contribution in [0.15, 0.2) is 0 Å². The molecule has 2 atom stereocenters. The smallest absolute Gasteiger partial charge is 0.317 e. The second-order valence-electron chi connectivity index (χ2n) is 7.28. The van der Waals surface area contributed by atoms with Crippen LogP contribution in [-0.4, -0.2) is 92.3 Å². The number of amides is 2. The molecule has 2 amide bonds. The maximum absolute atomic E-state index is 12.5. The summed E-state index contributed by atoms with van der Waals surface area (Å²) in [6, 6.07) is 2.06. The molecule has 0 aromatic rings. The van der Waals surface area contributed by atoms with Crippen LogP contribution in [0.4, 0.5) is 4.79 Å². The Morgan fingerprint density at radius 3 is 2.70 bits per heavy atom. The fraction of sp³-hybridized carbons (Fsp3) is 0.941. The monoisotopic (exact) mass is 324 g/mol. The maximum Gasteiger partial charge on any atom is 0.317 e. The largest absolute Gasteiger partial charge is 0.383 e. The number of urea groups is 1. The van der Waals surface area contributed by atoms with Gasteiger partial charge in [-0.2, -0.15) is 0 Å². The molecule has 0 spiro atoms. The van der Waals surface area contributed by atoms with E-state index in [2.05, 4.69) is 22.2 Å². The Bertz CT molecular complexity index is 402. The van der Waals surface area contributed by atoms with Crippen molar-refractivity contribution < 1.29 is 9.53 Å². The highest BCUT2D eigenvalue weighted by molar-refractivity contribution is 5.74. The number of fused-ring (bicyclic) bond motifs is 2. The summed E-state index contributed by atoms with van der Waals surface area (Å²) in [6.07, 6.45) is 6.23. The van der Waals surface area contributed by atoms with Crippen LogP contribution in [-0.2, 0) is 4.74 Å². The number of rotatable bonds is 7. The van der Waals surface area contributed by atoms with Crippen LogP contribution >= 0.6 is 0 Å². The maximum atomic E-state index is 12.5.